The second-order valence-corrected chi connectivity index (χ2v) is 5.62. The van der Waals surface area contributed by atoms with Crippen molar-refractivity contribution in [1.82, 2.24) is 10.2 Å². The summed E-state index contributed by atoms with van der Waals surface area (Å²) in [4.78, 5) is 25.2. The maximum absolute atomic E-state index is 13.1. The van der Waals surface area contributed by atoms with Gasteiger partial charge in [0.05, 0.1) is 0 Å². The van der Waals surface area contributed by atoms with E-state index in [2.05, 4.69) is 11.9 Å². The van der Waals surface area contributed by atoms with E-state index in [1.807, 2.05) is 0 Å². The van der Waals surface area contributed by atoms with Gasteiger partial charge in [0, 0.05) is 31.6 Å². The number of hydrogen-bond donors (Lipinski definition) is 1. The largest absolute Gasteiger partial charge is 0.356 e. The molecule has 124 valence electrons. The van der Waals surface area contributed by atoms with Crippen LogP contribution < -0.4 is 5.32 Å². The van der Waals surface area contributed by atoms with E-state index in [-0.39, 0.29) is 17.7 Å². The zero-order valence-electron chi connectivity index (χ0n) is 12.9. The molecule has 0 aromatic heterocycles. The molecule has 6 heteroatoms. The van der Waals surface area contributed by atoms with Gasteiger partial charge in [0.1, 0.15) is 11.6 Å². The molecular formula is C17H20F2N2O2. The highest BCUT2D eigenvalue weighted by molar-refractivity contribution is 5.87. The number of nitrogens with zero attached hydrogens (tertiary/aromatic N) is 1. The van der Waals surface area contributed by atoms with E-state index in [0.29, 0.717) is 44.5 Å². The Bertz CT molecular complexity index is 576. The minimum atomic E-state index is -0.620. The molecule has 1 fully saturated rings. The van der Waals surface area contributed by atoms with Crippen LogP contribution in [0.5, 0.6) is 0 Å². The van der Waals surface area contributed by atoms with Crippen LogP contribution in [0, 0.1) is 17.6 Å². The fourth-order valence-corrected chi connectivity index (χ4v) is 2.72. The first kappa shape index (κ1) is 17.1. The number of nitrogens with one attached hydrogen (secondary N) is 1. The monoisotopic (exact) mass is 322 g/mol. The molecule has 0 radical (unpaired) electrons. The Hall–Kier alpha value is -2.24. The SMILES string of the molecule is C=CC(=O)N1CCC(C(=O)NCCc2cc(F)cc(F)c2)CC1. The van der Waals surface area contributed by atoms with Crippen LogP contribution in [0.1, 0.15) is 18.4 Å². The molecule has 2 rings (SSSR count). The Morgan fingerprint density at radius 1 is 1.22 bits per heavy atom. The van der Waals surface area contributed by atoms with Crippen molar-refractivity contribution in [3.8, 4) is 0 Å². The number of likely N-dealkylation sites (tertiary alicyclic amines) is 1. The number of amides is 2. The highest BCUT2D eigenvalue weighted by atomic mass is 19.1. The summed E-state index contributed by atoms with van der Waals surface area (Å²) in [7, 11) is 0. The summed E-state index contributed by atoms with van der Waals surface area (Å²) in [6, 6.07) is 3.34. The summed E-state index contributed by atoms with van der Waals surface area (Å²) in [5.74, 6) is -1.56. The van der Waals surface area contributed by atoms with Gasteiger partial charge in [-0.2, -0.15) is 0 Å². The lowest BCUT2D eigenvalue weighted by molar-refractivity contribution is -0.132. The van der Waals surface area contributed by atoms with Crippen molar-refractivity contribution in [2.45, 2.75) is 19.3 Å². The van der Waals surface area contributed by atoms with Crippen molar-refractivity contribution in [2.24, 2.45) is 5.92 Å². The first-order chi connectivity index (χ1) is 11.0. The molecule has 1 N–H and O–H groups in total. The standard InChI is InChI=1S/C17H20F2N2O2/c1-2-16(22)21-7-4-13(5-8-21)17(23)20-6-3-12-9-14(18)11-15(19)10-12/h2,9-11,13H,1,3-8H2,(H,20,23). The molecule has 1 heterocycles. The van der Waals surface area contributed by atoms with Crippen LogP contribution in [0.3, 0.4) is 0 Å². The van der Waals surface area contributed by atoms with Crippen molar-refractivity contribution in [3.63, 3.8) is 0 Å². The summed E-state index contributed by atoms with van der Waals surface area (Å²) in [5.41, 5.74) is 0.509. The number of rotatable bonds is 5. The average molecular weight is 322 g/mol. The molecule has 0 saturated carbocycles. The molecule has 1 aromatic carbocycles. The van der Waals surface area contributed by atoms with Crippen molar-refractivity contribution in [2.75, 3.05) is 19.6 Å². The molecule has 1 aromatic rings. The number of carbonyl (C=O) groups is 2. The van der Waals surface area contributed by atoms with Crippen molar-refractivity contribution >= 4 is 11.8 Å². The van der Waals surface area contributed by atoms with Gasteiger partial charge in [0.15, 0.2) is 0 Å². The second kappa shape index (κ2) is 7.85. The van der Waals surface area contributed by atoms with Crippen LogP contribution in [-0.4, -0.2) is 36.3 Å². The van der Waals surface area contributed by atoms with Crippen molar-refractivity contribution < 1.29 is 18.4 Å². The Morgan fingerprint density at radius 2 is 1.83 bits per heavy atom. The number of hydrogen-bond acceptors (Lipinski definition) is 2. The summed E-state index contributed by atoms with van der Waals surface area (Å²) in [5, 5.41) is 2.79. The van der Waals surface area contributed by atoms with E-state index >= 15 is 0 Å². The number of benzene rings is 1. The molecule has 0 atom stereocenters. The second-order valence-electron chi connectivity index (χ2n) is 5.62. The lowest BCUT2D eigenvalue weighted by Crippen LogP contribution is -2.42. The minimum Gasteiger partial charge on any atom is -0.356 e. The van der Waals surface area contributed by atoms with Crippen LogP contribution in [0.2, 0.25) is 0 Å². The van der Waals surface area contributed by atoms with E-state index < -0.39 is 11.6 Å². The van der Waals surface area contributed by atoms with Gasteiger partial charge in [-0.1, -0.05) is 6.58 Å². The fourth-order valence-electron chi connectivity index (χ4n) is 2.72. The van der Waals surface area contributed by atoms with Crippen LogP contribution >= 0.6 is 0 Å². The molecule has 2 amide bonds. The third kappa shape index (κ3) is 4.87. The lowest BCUT2D eigenvalue weighted by atomic mass is 9.95. The first-order valence-electron chi connectivity index (χ1n) is 7.63. The van der Waals surface area contributed by atoms with E-state index in [1.54, 1.807) is 4.90 Å². The zero-order valence-corrected chi connectivity index (χ0v) is 12.9. The Kier molecular flexibility index (Phi) is 5.84. The van der Waals surface area contributed by atoms with Crippen LogP contribution in [0.15, 0.2) is 30.9 Å². The molecule has 1 aliphatic heterocycles. The Labute approximate surface area is 134 Å². The van der Waals surface area contributed by atoms with Crippen LogP contribution in [0.4, 0.5) is 8.78 Å². The van der Waals surface area contributed by atoms with E-state index in [0.717, 1.165) is 6.07 Å². The summed E-state index contributed by atoms with van der Waals surface area (Å²) in [6.07, 6.45) is 2.87. The van der Waals surface area contributed by atoms with Gasteiger partial charge >= 0.3 is 0 Å². The normalized spacial score (nSPS) is 15.3. The van der Waals surface area contributed by atoms with Gasteiger partial charge in [0.25, 0.3) is 0 Å². The van der Waals surface area contributed by atoms with E-state index in [4.69, 9.17) is 0 Å². The molecule has 1 aliphatic rings. The molecule has 23 heavy (non-hydrogen) atoms. The molecular weight excluding hydrogens is 302 g/mol. The molecule has 4 nitrogen and oxygen atoms in total. The highest BCUT2D eigenvalue weighted by Gasteiger charge is 2.26. The van der Waals surface area contributed by atoms with Gasteiger partial charge in [-0.25, -0.2) is 8.78 Å². The maximum Gasteiger partial charge on any atom is 0.245 e. The smallest absolute Gasteiger partial charge is 0.245 e. The number of piperidine rings is 1. The molecule has 0 unspecified atom stereocenters. The molecule has 0 bridgehead atoms. The van der Waals surface area contributed by atoms with Crippen LogP contribution in [-0.2, 0) is 16.0 Å². The molecule has 0 aliphatic carbocycles. The third-order valence-corrected chi connectivity index (χ3v) is 3.99. The average Bonchev–Trinajstić information content (AvgIpc) is 2.53. The topological polar surface area (TPSA) is 49.4 Å². The minimum absolute atomic E-state index is 0.0763. The predicted octanol–water partition coefficient (Wildman–Crippen LogP) is 2.05. The molecule has 1 saturated heterocycles. The van der Waals surface area contributed by atoms with Gasteiger partial charge < -0.3 is 10.2 Å². The molecule has 0 spiro atoms. The van der Waals surface area contributed by atoms with E-state index in [9.17, 15) is 18.4 Å². The van der Waals surface area contributed by atoms with Crippen LogP contribution in [0.25, 0.3) is 0 Å². The zero-order chi connectivity index (χ0) is 16.8. The lowest BCUT2D eigenvalue weighted by Gasteiger charge is -2.30. The quantitative estimate of drug-likeness (QED) is 0.844. The first-order valence-corrected chi connectivity index (χ1v) is 7.63. The van der Waals surface area contributed by atoms with E-state index in [1.165, 1.54) is 18.2 Å². The van der Waals surface area contributed by atoms with Gasteiger partial charge in [0.2, 0.25) is 11.8 Å². The fraction of sp³-hybridized carbons (Fsp3) is 0.412. The summed E-state index contributed by atoms with van der Waals surface area (Å²) in [6.45, 7) is 4.85. The van der Waals surface area contributed by atoms with Gasteiger partial charge in [-0.05, 0) is 43.0 Å². The predicted molar refractivity (Wildman–Crippen MR) is 82.6 cm³/mol. The third-order valence-electron chi connectivity index (χ3n) is 3.99. The highest BCUT2D eigenvalue weighted by Crippen LogP contribution is 2.17. The maximum atomic E-state index is 13.1. The summed E-state index contributed by atoms with van der Waals surface area (Å²) >= 11 is 0. The van der Waals surface area contributed by atoms with Crippen molar-refractivity contribution in [3.05, 3.63) is 48.1 Å². The Balaban J connectivity index is 1.75. The van der Waals surface area contributed by atoms with Gasteiger partial charge in [-0.3, -0.25) is 9.59 Å². The Morgan fingerprint density at radius 3 is 2.39 bits per heavy atom. The summed E-state index contributed by atoms with van der Waals surface area (Å²) < 4.78 is 26.1. The van der Waals surface area contributed by atoms with Crippen molar-refractivity contribution in [1.29, 1.82) is 0 Å². The van der Waals surface area contributed by atoms with Gasteiger partial charge in [-0.15, -0.1) is 0 Å². The number of halogens is 2. The number of carbonyl (C=O) groups excluding carboxylic acids is 2.